The van der Waals surface area contributed by atoms with Crippen LogP contribution in [0.3, 0.4) is 0 Å². The summed E-state index contributed by atoms with van der Waals surface area (Å²) in [5, 5.41) is 0. The standard InChI is InChI=1S/C33H29BrFNO4/c1-38-30-16-21(17-31(39-2)32(30)40-3)15-27(24-11-9-23(10-12-24)22-7-5-4-6-8-22)33(37)36-14-13-25-18-26(34)19-29(35)28(25)20-36/h4-12,15-19H,13-14,20H2,1-3H3/b27-15+. The molecule has 7 heteroatoms. The van der Waals surface area contributed by atoms with Crippen molar-refractivity contribution in [3.8, 4) is 28.4 Å². The Morgan fingerprint density at radius 2 is 1.52 bits per heavy atom. The Balaban J connectivity index is 1.57. The molecule has 5 rings (SSSR count). The predicted molar refractivity (Wildman–Crippen MR) is 159 cm³/mol. The fourth-order valence-corrected chi connectivity index (χ4v) is 5.50. The zero-order valence-electron chi connectivity index (χ0n) is 22.5. The number of carbonyl (C=O) groups excluding carboxylic acids is 1. The molecule has 0 saturated carbocycles. The normalized spacial score (nSPS) is 13.0. The number of rotatable bonds is 7. The molecule has 0 atom stereocenters. The molecule has 5 nitrogen and oxygen atoms in total. The lowest BCUT2D eigenvalue weighted by Gasteiger charge is -2.30. The summed E-state index contributed by atoms with van der Waals surface area (Å²) >= 11 is 3.37. The van der Waals surface area contributed by atoms with Crippen LogP contribution in [0.4, 0.5) is 4.39 Å². The molecule has 0 aromatic heterocycles. The molecule has 0 unspecified atom stereocenters. The monoisotopic (exact) mass is 601 g/mol. The number of fused-ring (bicyclic) bond motifs is 1. The molecule has 4 aromatic carbocycles. The number of hydrogen-bond donors (Lipinski definition) is 0. The molecule has 40 heavy (non-hydrogen) atoms. The third-order valence-electron chi connectivity index (χ3n) is 7.07. The van der Waals surface area contributed by atoms with E-state index >= 15 is 0 Å². The van der Waals surface area contributed by atoms with E-state index in [-0.39, 0.29) is 18.3 Å². The number of carbonyl (C=O) groups is 1. The molecule has 1 heterocycles. The van der Waals surface area contributed by atoms with Crippen molar-refractivity contribution in [3.05, 3.63) is 111 Å². The Morgan fingerprint density at radius 1 is 0.875 bits per heavy atom. The Kier molecular flexibility index (Phi) is 8.21. The highest BCUT2D eigenvalue weighted by Crippen LogP contribution is 2.39. The van der Waals surface area contributed by atoms with Gasteiger partial charge in [-0.3, -0.25) is 4.79 Å². The highest BCUT2D eigenvalue weighted by atomic mass is 79.9. The second kappa shape index (κ2) is 12.0. The fraction of sp³-hybridized carbons (Fsp3) is 0.182. The quantitative estimate of drug-likeness (QED) is 0.163. The van der Waals surface area contributed by atoms with Crippen LogP contribution >= 0.6 is 15.9 Å². The Bertz CT molecular complexity index is 1540. The summed E-state index contributed by atoms with van der Waals surface area (Å²) < 4.78 is 32.1. The van der Waals surface area contributed by atoms with Gasteiger partial charge in [-0.15, -0.1) is 0 Å². The number of benzene rings is 4. The third-order valence-corrected chi connectivity index (χ3v) is 7.53. The van der Waals surface area contributed by atoms with Gasteiger partial charge in [0.05, 0.1) is 21.3 Å². The molecular formula is C33H29BrFNO4. The largest absolute Gasteiger partial charge is 0.493 e. The predicted octanol–water partition coefficient (Wildman–Crippen LogP) is 7.41. The lowest BCUT2D eigenvalue weighted by Crippen LogP contribution is -2.37. The number of amides is 1. The molecule has 0 radical (unpaired) electrons. The molecule has 1 aliphatic heterocycles. The van der Waals surface area contributed by atoms with Gasteiger partial charge < -0.3 is 19.1 Å². The van der Waals surface area contributed by atoms with Gasteiger partial charge in [0, 0.05) is 28.7 Å². The van der Waals surface area contributed by atoms with Gasteiger partial charge in [-0.1, -0.05) is 70.5 Å². The van der Waals surface area contributed by atoms with E-state index in [1.165, 1.54) is 6.07 Å². The van der Waals surface area contributed by atoms with Crippen molar-refractivity contribution in [3.63, 3.8) is 0 Å². The summed E-state index contributed by atoms with van der Waals surface area (Å²) in [6.07, 6.45) is 2.39. The zero-order valence-corrected chi connectivity index (χ0v) is 24.1. The van der Waals surface area contributed by atoms with E-state index < -0.39 is 0 Å². The van der Waals surface area contributed by atoms with Crippen LogP contribution in [0, 0.1) is 5.82 Å². The van der Waals surface area contributed by atoms with Gasteiger partial charge in [-0.2, -0.15) is 0 Å². The summed E-state index contributed by atoms with van der Waals surface area (Å²) in [7, 11) is 4.65. The molecule has 4 aromatic rings. The average molecular weight is 603 g/mol. The second-order valence-corrected chi connectivity index (χ2v) is 10.4. The van der Waals surface area contributed by atoms with E-state index in [0.717, 1.165) is 22.3 Å². The minimum absolute atomic E-state index is 0.186. The first kappa shape index (κ1) is 27.5. The zero-order chi connectivity index (χ0) is 28.2. The minimum Gasteiger partial charge on any atom is -0.493 e. The van der Waals surface area contributed by atoms with E-state index in [2.05, 4.69) is 15.9 Å². The Labute approximate surface area is 241 Å². The summed E-state index contributed by atoms with van der Waals surface area (Å²) in [5.74, 6) is 0.938. The molecule has 1 aliphatic rings. The first-order valence-corrected chi connectivity index (χ1v) is 13.6. The van der Waals surface area contributed by atoms with Crippen molar-refractivity contribution >= 4 is 33.5 Å². The average Bonchev–Trinajstić information content (AvgIpc) is 2.99. The lowest BCUT2D eigenvalue weighted by molar-refractivity contribution is -0.125. The van der Waals surface area contributed by atoms with Crippen molar-refractivity contribution in [2.24, 2.45) is 0 Å². The van der Waals surface area contributed by atoms with Crippen LogP contribution in [0.5, 0.6) is 17.2 Å². The van der Waals surface area contributed by atoms with Crippen molar-refractivity contribution in [1.82, 2.24) is 4.90 Å². The number of halogens is 2. The maximum Gasteiger partial charge on any atom is 0.254 e. The third kappa shape index (κ3) is 5.61. The first-order chi connectivity index (χ1) is 19.4. The van der Waals surface area contributed by atoms with E-state index in [1.807, 2.05) is 66.7 Å². The molecular weight excluding hydrogens is 573 g/mol. The maximum absolute atomic E-state index is 14.9. The highest BCUT2D eigenvalue weighted by Gasteiger charge is 2.27. The van der Waals surface area contributed by atoms with Crippen LogP contribution < -0.4 is 14.2 Å². The molecule has 204 valence electrons. The minimum atomic E-state index is -0.316. The smallest absolute Gasteiger partial charge is 0.254 e. The van der Waals surface area contributed by atoms with Crippen LogP contribution in [-0.4, -0.2) is 38.7 Å². The van der Waals surface area contributed by atoms with E-state index in [0.29, 0.717) is 51.4 Å². The molecule has 0 N–H and O–H groups in total. The maximum atomic E-state index is 14.9. The van der Waals surface area contributed by atoms with E-state index in [1.54, 1.807) is 38.4 Å². The van der Waals surface area contributed by atoms with Gasteiger partial charge >= 0.3 is 0 Å². The molecule has 1 amide bonds. The topological polar surface area (TPSA) is 48.0 Å². The lowest BCUT2D eigenvalue weighted by atomic mass is 9.95. The van der Waals surface area contributed by atoms with Crippen LogP contribution in [0.25, 0.3) is 22.8 Å². The van der Waals surface area contributed by atoms with Gasteiger partial charge in [-0.05, 0) is 64.6 Å². The van der Waals surface area contributed by atoms with Crippen LogP contribution in [-0.2, 0) is 17.8 Å². The van der Waals surface area contributed by atoms with Gasteiger partial charge in [0.1, 0.15) is 5.82 Å². The Hall–Kier alpha value is -4.10. The Morgan fingerprint density at radius 3 is 2.15 bits per heavy atom. The van der Waals surface area contributed by atoms with Crippen molar-refractivity contribution in [2.45, 2.75) is 13.0 Å². The van der Waals surface area contributed by atoms with Crippen LogP contribution in [0.1, 0.15) is 22.3 Å². The molecule has 0 fully saturated rings. The number of ether oxygens (including phenoxy) is 3. The van der Waals surface area contributed by atoms with Gasteiger partial charge in [-0.25, -0.2) is 4.39 Å². The second-order valence-electron chi connectivity index (χ2n) is 9.46. The highest BCUT2D eigenvalue weighted by molar-refractivity contribution is 9.10. The van der Waals surface area contributed by atoms with Gasteiger partial charge in [0.25, 0.3) is 5.91 Å². The summed E-state index contributed by atoms with van der Waals surface area (Å²) in [6, 6.07) is 24.9. The molecule has 0 saturated heterocycles. The van der Waals surface area contributed by atoms with Crippen molar-refractivity contribution in [2.75, 3.05) is 27.9 Å². The number of hydrogen-bond acceptors (Lipinski definition) is 4. The van der Waals surface area contributed by atoms with Crippen LogP contribution in [0.2, 0.25) is 0 Å². The SMILES string of the molecule is COc1cc(/C=C(/C(=O)N2CCc3cc(Br)cc(F)c3C2)c2ccc(-c3ccccc3)cc2)cc(OC)c1OC. The fourth-order valence-electron chi connectivity index (χ4n) is 5.02. The molecule has 0 aliphatic carbocycles. The summed E-state index contributed by atoms with van der Waals surface area (Å²) in [4.78, 5) is 15.8. The first-order valence-electron chi connectivity index (χ1n) is 12.9. The van der Waals surface area contributed by atoms with Gasteiger partial charge in [0.2, 0.25) is 5.75 Å². The van der Waals surface area contributed by atoms with E-state index in [9.17, 15) is 9.18 Å². The molecule has 0 spiro atoms. The van der Waals surface area contributed by atoms with Crippen molar-refractivity contribution < 1.29 is 23.4 Å². The number of nitrogens with zero attached hydrogens (tertiary/aromatic N) is 1. The summed E-state index contributed by atoms with van der Waals surface area (Å²) in [6.45, 7) is 0.679. The number of methoxy groups -OCH3 is 3. The van der Waals surface area contributed by atoms with Crippen molar-refractivity contribution in [1.29, 1.82) is 0 Å². The van der Waals surface area contributed by atoms with E-state index in [4.69, 9.17) is 14.2 Å². The van der Waals surface area contributed by atoms with Crippen LogP contribution in [0.15, 0.2) is 83.3 Å². The van der Waals surface area contributed by atoms with Gasteiger partial charge in [0.15, 0.2) is 11.5 Å². The summed E-state index contributed by atoms with van der Waals surface area (Å²) in [5.41, 5.74) is 5.54. The molecule has 0 bridgehead atoms.